The molecular formula is C16H13BrN2O5. The molecule has 0 radical (unpaired) electrons. The van der Waals surface area contributed by atoms with Gasteiger partial charge in [-0.1, -0.05) is 24.3 Å². The summed E-state index contributed by atoms with van der Waals surface area (Å²) in [5, 5.41) is 9.51. The Hall–Kier alpha value is -2.87. The van der Waals surface area contributed by atoms with Crippen molar-refractivity contribution in [2.75, 3.05) is 6.61 Å². The van der Waals surface area contributed by atoms with Crippen molar-refractivity contribution in [3.05, 3.63) is 64.1 Å². The van der Waals surface area contributed by atoms with Crippen molar-refractivity contribution in [1.29, 1.82) is 0 Å². The minimum Gasteiger partial charge on any atom is -0.507 e. The standard InChI is InChI=1S/C16H13BrN2O5/c17-12-7-3-1-5-10(12)15(22)19-18-14(21)9-24-16(23)11-6-2-4-8-13(11)20/h1-8,20H,9H2,(H,18,21)(H,19,22). The number of ether oxygens (including phenoxy) is 1. The molecule has 0 heterocycles. The Bertz CT molecular complexity index is 715. The average molecular weight is 393 g/mol. The molecular weight excluding hydrogens is 380 g/mol. The molecule has 24 heavy (non-hydrogen) atoms. The highest BCUT2D eigenvalue weighted by atomic mass is 79.9. The Morgan fingerprint density at radius 1 is 0.958 bits per heavy atom. The first-order chi connectivity index (χ1) is 11.5. The quantitative estimate of drug-likeness (QED) is 0.543. The third kappa shape index (κ3) is 4.56. The Kier molecular flexibility index (Phi) is 5.91. The van der Waals surface area contributed by atoms with Gasteiger partial charge >= 0.3 is 5.97 Å². The van der Waals surface area contributed by atoms with Crippen molar-refractivity contribution in [2.24, 2.45) is 0 Å². The largest absolute Gasteiger partial charge is 0.507 e. The number of phenolic OH excluding ortho intramolecular Hbond substituents is 1. The fourth-order valence-corrected chi connectivity index (χ4v) is 2.20. The molecule has 3 N–H and O–H groups in total. The van der Waals surface area contributed by atoms with Gasteiger partial charge < -0.3 is 9.84 Å². The maximum Gasteiger partial charge on any atom is 0.342 e. The number of amides is 2. The smallest absolute Gasteiger partial charge is 0.342 e. The van der Waals surface area contributed by atoms with Crippen LogP contribution in [-0.2, 0) is 9.53 Å². The van der Waals surface area contributed by atoms with Crippen LogP contribution in [0.4, 0.5) is 0 Å². The summed E-state index contributed by atoms with van der Waals surface area (Å²) < 4.78 is 5.33. The van der Waals surface area contributed by atoms with E-state index in [1.54, 1.807) is 36.4 Å². The third-order valence-corrected chi connectivity index (χ3v) is 3.58. The molecule has 0 bridgehead atoms. The first-order valence-corrected chi connectivity index (χ1v) is 7.57. The Balaban J connectivity index is 1.82. The van der Waals surface area contributed by atoms with Crippen LogP contribution in [0.15, 0.2) is 53.0 Å². The first kappa shape index (κ1) is 17.5. The third-order valence-electron chi connectivity index (χ3n) is 2.89. The highest BCUT2D eigenvalue weighted by Gasteiger charge is 2.14. The number of halogens is 1. The van der Waals surface area contributed by atoms with E-state index < -0.39 is 24.4 Å². The minimum absolute atomic E-state index is 0.0532. The SMILES string of the molecule is O=C(COC(=O)c1ccccc1O)NNC(=O)c1ccccc1Br. The molecule has 0 atom stereocenters. The molecule has 0 aliphatic rings. The molecule has 0 aliphatic carbocycles. The topological polar surface area (TPSA) is 105 Å². The van der Waals surface area contributed by atoms with Crippen LogP contribution in [0.3, 0.4) is 0 Å². The number of aromatic hydroxyl groups is 1. The van der Waals surface area contributed by atoms with Crippen LogP contribution >= 0.6 is 15.9 Å². The predicted molar refractivity (Wildman–Crippen MR) is 88.1 cm³/mol. The number of carbonyl (C=O) groups is 3. The van der Waals surface area contributed by atoms with Gasteiger partial charge in [-0.3, -0.25) is 20.4 Å². The number of hydrogen-bond acceptors (Lipinski definition) is 5. The van der Waals surface area contributed by atoms with Gasteiger partial charge in [-0.05, 0) is 40.2 Å². The average Bonchev–Trinajstić information content (AvgIpc) is 2.58. The zero-order valence-corrected chi connectivity index (χ0v) is 13.9. The van der Waals surface area contributed by atoms with Gasteiger partial charge in [0, 0.05) is 4.47 Å². The van der Waals surface area contributed by atoms with E-state index in [1.807, 2.05) is 0 Å². The van der Waals surface area contributed by atoms with Gasteiger partial charge in [-0.15, -0.1) is 0 Å². The summed E-state index contributed by atoms with van der Waals surface area (Å²) in [6, 6.07) is 12.5. The van der Waals surface area contributed by atoms with Crippen LogP contribution in [-0.4, -0.2) is 29.5 Å². The molecule has 0 aliphatic heterocycles. The molecule has 2 aromatic rings. The molecule has 2 amide bonds. The Labute approximate surface area is 145 Å². The normalized spacial score (nSPS) is 9.88. The van der Waals surface area contributed by atoms with Crippen molar-refractivity contribution in [3.63, 3.8) is 0 Å². The van der Waals surface area contributed by atoms with Crippen molar-refractivity contribution < 1.29 is 24.2 Å². The molecule has 124 valence electrons. The van der Waals surface area contributed by atoms with Crippen molar-refractivity contribution >= 4 is 33.7 Å². The number of nitrogens with one attached hydrogen (secondary N) is 2. The van der Waals surface area contributed by atoms with Crippen LogP contribution in [0.1, 0.15) is 20.7 Å². The number of hydrazine groups is 1. The van der Waals surface area contributed by atoms with Gasteiger partial charge in [0.25, 0.3) is 11.8 Å². The van der Waals surface area contributed by atoms with Crippen molar-refractivity contribution in [1.82, 2.24) is 10.9 Å². The van der Waals surface area contributed by atoms with Gasteiger partial charge in [0.05, 0.1) is 5.56 Å². The van der Waals surface area contributed by atoms with E-state index in [2.05, 4.69) is 26.8 Å². The second-order valence-electron chi connectivity index (χ2n) is 4.58. The highest BCUT2D eigenvalue weighted by molar-refractivity contribution is 9.10. The van der Waals surface area contributed by atoms with Gasteiger partial charge in [0.15, 0.2) is 6.61 Å². The fraction of sp³-hybridized carbons (Fsp3) is 0.0625. The van der Waals surface area contributed by atoms with Crippen LogP contribution in [0.5, 0.6) is 5.75 Å². The summed E-state index contributed by atoms with van der Waals surface area (Å²) >= 11 is 3.22. The van der Waals surface area contributed by atoms with Crippen LogP contribution < -0.4 is 10.9 Å². The molecule has 0 fully saturated rings. The number of hydrogen-bond donors (Lipinski definition) is 3. The molecule has 8 heteroatoms. The highest BCUT2D eigenvalue weighted by Crippen LogP contribution is 2.16. The molecule has 0 saturated carbocycles. The zero-order chi connectivity index (χ0) is 17.5. The Morgan fingerprint density at radius 3 is 2.25 bits per heavy atom. The van der Waals surface area contributed by atoms with E-state index >= 15 is 0 Å². The molecule has 0 saturated heterocycles. The van der Waals surface area contributed by atoms with Crippen LogP contribution in [0, 0.1) is 0 Å². The van der Waals surface area contributed by atoms with Crippen LogP contribution in [0.25, 0.3) is 0 Å². The first-order valence-electron chi connectivity index (χ1n) is 6.78. The zero-order valence-electron chi connectivity index (χ0n) is 12.3. The summed E-state index contributed by atoms with van der Waals surface area (Å²) in [5.41, 5.74) is 4.62. The fourth-order valence-electron chi connectivity index (χ4n) is 1.73. The number of esters is 1. The molecule has 2 rings (SSSR count). The van der Waals surface area contributed by atoms with E-state index in [9.17, 15) is 19.5 Å². The number of benzene rings is 2. The maximum absolute atomic E-state index is 11.9. The van der Waals surface area contributed by atoms with Gasteiger partial charge in [-0.25, -0.2) is 4.79 Å². The number of phenols is 1. The predicted octanol–water partition coefficient (Wildman–Crippen LogP) is 1.77. The van der Waals surface area contributed by atoms with Gasteiger partial charge in [-0.2, -0.15) is 0 Å². The van der Waals surface area contributed by atoms with E-state index in [0.29, 0.717) is 10.0 Å². The number of rotatable bonds is 4. The molecule has 7 nitrogen and oxygen atoms in total. The van der Waals surface area contributed by atoms with E-state index in [1.165, 1.54) is 12.1 Å². The second kappa shape index (κ2) is 8.11. The summed E-state index contributed by atoms with van der Waals surface area (Å²) in [5.74, 6) is -2.34. The minimum atomic E-state index is -0.847. The maximum atomic E-state index is 11.9. The molecule has 0 spiro atoms. The number of para-hydroxylation sites is 1. The second-order valence-corrected chi connectivity index (χ2v) is 5.43. The van der Waals surface area contributed by atoms with E-state index in [0.717, 1.165) is 0 Å². The lowest BCUT2D eigenvalue weighted by Gasteiger charge is -2.09. The number of carbonyl (C=O) groups excluding carboxylic acids is 3. The van der Waals surface area contributed by atoms with Crippen LogP contribution in [0.2, 0.25) is 0 Å². The molecule has 0 aromatic heterocycles. The summed E-state index contributed by atoms with van der Waals surface area (Å²) in [6.07, 6.45) is 0. The monoisotopic (exact) mass is 392 g/mol. The Morgan fingerprint density at radius 2 is 1.58 bits per heavy atom. The van der Waals surface area contributed by atoms with Gasteiger partial charge in [0.2, 0.25) is 0 Å². The lowest BCUT2D eigenvalue weighted by molar-refractivity contribution is -0.125. The van der Waals surface area contributed by atoms with E-state index in [4.69, 9.17) is 4.74 Å². The lowest BCUT2D eigenvalue weighted by Crippen LogP contribution is -2.43. The molecule has 2 aromatic carbocycles. The summed E-state index contributed by atoms with van der Waals surface area (Å²) in [4.78, 5) is 35.2. The van der Waals surface area contributed by atoms with Crippen molar-refractivity contribution in [2.45, 2.75) is 0 Å². The van der Waals surface area contributed by atoms with Gasteiger partial charge in [0.1, 0.15) is 11.3 Å². The molecule has 0 unspecified atom stereocenters. The summed E-state index contributed by atoms with van der Waals surface area (Å²) in [6.45, 7) is -0.608. The van der Waals surface area contributed by atoms with Crippen molar-refractivity contribution in [3.8, 4) is 5.75 Å². The summed E-state index contributed by atoms with van der Waals surface area (Å²) in [7, 11) is 0. The van der Waals surface area contributed by atoms with E-state index in [-0.39, 0.29) is 11.3 Å². The lowest BCUT2D eigenvalue weighted by atomic mass is 10.2.